The Labute approximate surface area is 127 Å². The molecule has 0 spiro atoms. The van der Waals surface area contributed by atoms with Gasteiger partial charge < -0.3 is 8.83 Å². The van der Waals surface area contributed by atoms with Gasteiger partial charge in [-0.05, 0) is 29.8 Å². The van der Waals surface area contributed by atoms with Crippen LogP contribution in [0, 0.1) is 0 Å². The maximum absolute atomic E-state index is 6.24. The molecule has 2 aromatic rings. The van der Waals surface area contributed by atoms with E-state index in [-0.39, 0.29) is 5.04 Å². The first-order valence-corrected chi connectivity index (χ1v) is 10.3. The molecule has 0 atom stereocenters. The molecular weight excluding hydrogens is 288 g/mol. The van der Waals surface area contributed by atoms with E-state index in [4.69, 9.17) is 16.0 Å². The third-order valence-electron chi connectivity index (χ3n) is 4.10. The molecule has 0 unspecified atom stereocenters. The molecule has 0 saturated heterocycles. The van der Waals surface area contributed by atoms with Crippen LogP contribution in [0.2, 0.25) is 18.1 Å². The predicted octanol–water partition coefficient (Wildman–Crippen LogP) is 4.59. The summed E-state index contributed by atoms with van der Waals surface area (Å²) in [5, 5.41) is 0.234. The van der Waals surface area contributed by atoms with Gasteiger partial charge in [-0.2, -0.15) is 0 Å². The largest absolute Gasteiger partial charge is 0.413 e. The molecular formula is C15H23ClN2OSi. The van der Waals surface area contributed by atoms with Crippen molar-refractivity contribution < 1.29 is 4.43 Å². The van der Waals surface area contributed by atoms with E-state index in [1.807, 2.05) is 16.7 Å². The number of pyridine rings is 1. The van der Waals surface area contributed by atoms with E-state index in [0.29, 0.717) is 12.5 Å². The van der Waals surface area contributed by atoms with Gasteiger partial charge in [0.05, 0.1) is 18.2 Å². The fraction of sp³-hybridized carbons (Fsp3) is 0.533. The first-order valence-electron chi connectivity index (χ1n) is 6.89. The number of imidazole rings is 1. The smallest absolute Gasteiger partial charge is 0.192 e. The van der Waals surface area contributed by atoms with Crippen molar-refractivity contribution in [2.24, 2.45) is 0 Å². The third kappa shape index (κ3) is 3.24. The molecule has 0 aliphatic rings. The van der Waals surface area contributed by atoms with Crippen LogP contribution in [0.25, 0.3) is 5.65 Å². The van der Waals surface area contributed by atoms with Crippen LogP contribution in [0.3, 0.4) is 0 Å². The zero-order valence-electron chi connectivity index (χ0n) is 12.9. The Morgan fingerprint density at radius 2 is 1.95 bits per heavy atom. The number of rotatable bonds is 4. The minimum Gasteiger partial charge on any atom is -0.413 e. The second kappa shape index (κ2) is 5.51. The number of nitrogens with zero attached hydrogens (tertiary/aromatic N) is 2. The van der Waals surface area contributed by atoms with Gasteiger partial charge in [0.25, 0.3) is 0 Å². The quantitative estimate of drug-likeness (QED) is 0.609. The lowest BCUT2D eigenvalue weighted by molar-refractivity contribution is 0.276. The van der Waals surface area contributed by atoms with Crippen LogP contribution in [-0.2, 0) is 16.9 Å². The molecule has 20 heavy (non-hydrogen) atoms. The fourth-order valence-electron chi connectivity index (χ4n) is 1.72. The van der Waals surface area contributed by atoms with E-state index in [0.717, 1.165) is 11.3 Å². The molecule has 0 saturated carbocycles. The Hall–Kier alpha value is -0.843. The summed E-state index contributed by atoms with van der Waals surface area (Å²) in [5.41, 5.74) is 2.99. The van der Waals surface area contributed by atoms with Gasteiger partial charge in [-0.15, -0.1) is 11.6 Å². The van der Waals surface area contributed by atoms with Crippen molar-refractivity contribution in [1.29, 1.82) is 0 Å². The Morgan fingerprint density at radius 1 is 1.25 bits per heavy atom. The van der Waals surface area contributed by atoms with Gasteiger partial charge >= 0.3 is 0 Å². The molecule has 0 N–H and O–H groups in total. The molecule has 2 rings (SSSR count). The van der Waals surface area contributed by atoms with Crippen LogP contribution in [-0.4, -0.2) is 17.7 Å². The maximum Gasteiger partial charge on any atom is 0.192 e. The summed E-state index contributed by atoms with van der Waals surface area (Å²) in [6.45, 7) is 12.0. The lowest BCUT2D eigenvalue weighted by Crippen LogP contribution is -2.40. The van der Waals surface area contributed by atoms with Crippen molar-refractivity contribution >= 4 is 25.6 Å². The molecule has 110 valence electrons. The van der Waals surface area contributed by atoms with E-state index in [2.05, 4.69) is 51.1 Å². The summed E-state index contributed by atoms with van der Waals surface area (Å²) in [6, 6.07) is 4.09. The highest BCUT2D eigenvalue weighted by Crippen LogP contribution is 2.37. The zero-order valence-corrected chi connectivity index (χ0v) is 14.7. The monoisotopic (exact) mass is 310 g/mol. The molecule has 0 amide bonds. The Bertz CT molecular complexity index is 601. The molecule has 0 aromatic carbocycles. The van der Waals surface area contributed by atoms with Gasteiger partial charge in [-0.3, -0.25) is 0 Å². The van der Waals surface area contributed by atoms with Crippen LogP contribution in [0.5, 0.6) is 0 Å². The predicted molar refractivity (Wildman–Crippen MR) is 86.7 cm³/mol. The number of halogens is 1. The van der Waals surface area contributed by atoms with E-state index >= 15 is 0 Å². The first-order chi connectivity index (χ1) is 9.23. The van der Waals surface area contributed by atoms with E-state index in [1.165, 1.54) is 5.56 Å². The van der Waals surface area contributed by atoms with Crippen molar-refractivity contribution in [2.75, 3.05) is 0 Å². The second-order valence-electron chi connectivity index (χ2n) is 6.72. The van der Waals surface area contributed by atoms with Crippen LogP contribution in [0.15, 0.2) is 24.5 Å². The standard InChI is InChI=1S/C15H23ClN2OSi/c1-15(2,3)20(4,5)19-11-12-6-7-14-17-13(8-16)10-18(14)9-12/h6-7,9-10H,8,11H2,1-5H3. The zero-order chi connectivity index (χ0) is 15.0. The van der Waals surface area contributed by atoms with Crippen molar-refractivity contribution in [3.05, 3.63) is 35.8 Å². The average molecular weight is 311 g/mol. The van der Waals surface area contributed by atoms with Crippen molar-refractivity contribution in [1.82, 2.24) is 9.38 Å². The van der Waals surface area contributed by atoms with Crippen molar-refractivity contribution in [3.63, 3.8) is 0 Å². The second-order valence-corrected chi connectivity index (χ2v) is 11.8. The minimum absolute atomic E-state index is 0.234. The number of hydrogen-bond acceptors (Lipinski definition) is 2. The number of hydrogen-bond donors (Lipinski definition) is 0. The molecule has 0 radical (unpaired) electrons. The van der Waals surface area contributed by atoms with Gasteiger partial charge in [-0.25, -0.2) is 4.98 Å². The van der Waals surface area contributed by atoms with Crippen LogP contribution in [0.1, 0.15) is 32.0 Å². The van der Waals surface area contributed by atoms with Gasteiger partial charge in [0, 0.05) is 12.4 Å². The molecule has 5 heteroatoms. The molecule has 3 nitrogen and oxygen atoms in total. The van der Waals surface area contributed by atoms with Gasteiger partial charge in [0.15, 0.2) is 8.32 Å². The Kier molecular flexibility index (Phi) is 4.28. The molecule has 2 aromatic heterocycles. The maximum atomic E-state index is 6.24. The summed E-state index contributed by atoms with van der Waals surface area (Å²) in [7, 11) is -1.70. The molecule has 0 aliphatic heterocycles. The van der Waals surface area contributed by atoms with Gasteiger partial charge in [0.2, 0.25) is 0 Å². The number of aromatic nitrogens is 2. The first kappa shape index (κ1) is 15.5. The highest BCUT2D eigenvalue weighted by Gasteiger charge is 2.36. The summed E-state index contributed by atoms with van der Waals surface area (Å²) in [6.07, 6.45) is 4.05. The molecule has 0 bridgehead atoms. The van der Waals surface area contributed by atoms with Crippen LogP contribution < -0.4 is 0 Å². The average Bonchev–Trinajstić information content (AvgIpc) is 2.77. The number of fused-ring (bicyclic) bond motifs is 1. The third-order valence-corrected chi connectivity index (χ3v) is 8.86. The topological polar surface area (TPSA) is 26.5 Å². The summed E-state index contributed by atoms with van der Waals surface area (Å²) < 4.78 is 8.26. The summed E-state index contributed by atoms with van der Waals surface area (Å²) in [5.74, 6) is 0.442. The SMILES string of the molecule is CC(C)(C)[Si](C)(C)OCc1ccc2nc(CCl)cn2c1. The van der Waals surface area contributed by atoms with E-state index < -0.39 is 8.32 Å². The van der Waals surface area contributed by atoms with Crippen LogP contribution in [0.4, 0.5) is 0 Å². The van der Waals surface area contributed by atoms with Crippen LogP contribution >= 0.6 is 11.6 Å². The summed E-state index contributed by atoms with van der Waals surface area (Å²) >= 11 is 5.81. The lowest BCUT2D eigenvalue weighted by atomic mass is 10.2. The molecule has 2 heterocycles. The fourth-order valence-corrected chi connectivity index (χ4v) is 2.81. The highest BCUT2D eigenvalue weighted by atomic mass is 35.5. The van der Waals surface area contributed by atoms with Crippen molar-refractivity contribution in [2.45, 2.75) is 51.4 Å². The van der Waals surface area contributed by atoms with Gasteiger partial charge in [-0.1, -0.05) is 26.8 Å². The molecule has 0 fully saturated rings. The summed E-state index contributed by atoms with van der Waals surface area (Å²) in [4.78, 5) is 4.42. The van der Waals surface area contributed by atoms with E-state index in [1.54, 1.807) is 0 Å². The lowest BCUT2D eigenvalue weighted by Gasteiger charge is -2.36. The van der Waals surface area contributed by atoms with E-state index in [9.17, 15) is 0 Å². The Balaban J connectivity index is 2.14. The van der Waals surface area contributed by atoms with Crippen molar-refractivity contribution in [3.8, 4) is 0 Å². The normalized spacial score (nSPS) is 13.1. The van der Waals surface area contributed by atoms with Gasteiger partial charge in [0.1, 0.15) is 5.65 Å². The minimum atomic E-state index is -1.70. The number of alkyl halides is 1. The highest BCUT2D eigenvalue weighted by molar-refractivity contribution is 6.74. The Morgan fingerprint density at radius 3 is 2.55 bits per heavy atom. The molecule has 0 aliphatic carbocycles.